The summed E-state index contributed by atoms with van der Waals surface area (Å²) in [7, 11) is 1.77. The number of methoxy groups -OCH3 is 1. The highest BCUT2D eigenvalue weighted by atomic mass is 16.5. The summed E-state index contributed by atoms with van der Waals surface area (Å²) in [6.07, 6.45) is 5.46. The topological polar surface area (TPSA) is 38.5 Å². The van der Waals surface area contributed by atoms with E-state index in [1.54, 1.807) is 7.11 Å². The molecule has 3 heteroatoms. The molecular weight excluding hydrogens is 212 g/mol. The lowest BCUT2D eigenvalue weighted by atomic mass is 9.78. The molecule has 2 N–H and O–H groups in total. The first kappa shape index (κ1) is 14.9. The van der Waals surface area contributed by atoms with E-state index in [9.17, 15) is 0 Å². The zero-order valence-electron chi connectivity index (χ0n) is 11.8. The molecule has 17 heavy (non-hydrogen) atoms. The second-order valence-corrected chi connectivity index (χ2v) is 5.44. The van der Waals surface area contributed by atoms with Gasteiger partial charge in [-0.25, -0.2) is 0 Å². The Balaban J connectivity index is 2.49. The van der Waals surface area contributed by atoms with Gasteiger partial charge < -0.3 is 10.5 Å². The van der Waals surface area contributed by atoms with Gasteiger partial charge in [-0.15, -0.1) is 0 Å². The van der Waals surface area contributed by atoms with Gasteiger partial charge in [0.05, 0.1) is 6.61 Å². The van der Waals surface area contributed by atoms with Crippen molar-refractivity contribution in [1.82, 2.24) is 4.90 Å². The maximum Gasteiger partial charge on any atom is 0.0589 e. The van der Waals surface area contributed by atoms with Crippen LogP contribution in [0.3, 0.4) is 0 Å². The van der Waals surface area contributed by atoms with E-state index in [1.807, 2.05) is 0 Å². The molecule has 3 nitrogen and oxygen atoms in total. The Bertz CT molecular complexity index is 186. The summed E-state index contributed by atoms with van der Waals surface area (Å²) >= 11 is 0. The van der Waals surface area contributed by atoms with Gasteiger partial charge in [0.1, 0.15) is 0 Å². The average molecular weight is 242 g/mol. The molecular formula is C14H30N2O. The van der Waals surface area contributed by atoms with Gasteiger partial charge >= 0.3 is 0 Å². The summed E-state index contributed by atoms with van der Waals surface area (Å²) in [5.74, 6) is 1.71. The van der Waals surface area contributed by atoms with Crippen LogP contribution in [0.2, 0.25) is 0 Å². The fraction of sp³-hybridized carbons (Fsp3) is 1.00. The molecule has 1 saturated carbocycles. The summed E-state index contributed by atoms with van der Waals surface area (Å²) in [5, 5.41) is 0. The van der Waals surface area contributed by atoms with Crippen molar-refractivity contribution in [2.24, 2.45) is 17.6 Å². The van der Waals surface area contributed by atoms with Gasteiger partial charge in [-0.05, 0) is 31.2 Å². The normalized spacial score (nSPS) is 27.4. The second kappa shape index (κ2) is 8.06. The monoisotopic (exact) mass is 242 g/mol. The average Bonchev–Trinajstić information content (AvgIpc) is 2.36. The zero-order valence-corrected chi connectivity index (χ0v) is 11.8. The van der Waals surface area contributed by atoms with Crippen molar-refractivity contribution in [3.63, 3.8) is 0 Å². The minimum atomic E-state index is 0.558. The van der Waals surface area contributed by atoms with E-state index >= 15 is 0 Å². The van der Waals surface area contributed by atoms with Crippen molar-refractivity contribution in [3.8, 4) is 0 Å². The number of nitrogens with two attached hydrogens (primary N) is 1. The molecule has 1 unspecified atom stereocenters. The number of ether oxygens (including phenoxy) is 1. The molecule has 0 saturated heterocycles. The van der Waals surface area contributed by atoms with E-state index in [0.29, 0.717) is 6.04 Å². The van der Waals surface area contributed by atoms with E-state index in [2.05, 4.69) is 18.7 Å². The van der Waals surface area contributed by atoms with Gasteiger partial charge in [-0.3, -0.25) is 4.90 Å². The van der Waals surface area contributed by atoms with Gasteiger partial charge in [0.2, 0.25) is 0 Å². The molecule has 0 heterocycles. The molecule has 0 aromatic rings. The van der Waals surface area contributed by atoms with E-state index in [4.69, 9.17) is 10.5 Å². The largest absolute Gasteiger partial charge is 0.383 e. The third kappa shape index (κ3) is 4.57. The van der Waals surface area contributed by atoms with Crippen LogP contribution in [0.5, 0.6) is 0 Å². The number of hydrogen-bond acceptors (Lipinski definition) is 3. The molecule has 0 aliphatic heterocycles. The molecule has 0 aromatic heterocycles. The molecule has 1 aliphatic rings. The Hall–Kier alpha value is -0.120. The minimum absolute atomic E-state index is 0.558. The van der Waals surface area contributed by atoms with Crippen LogP contribution in [-0.2, 0) is 4.74 Å². The number of nitrogens with zero attached hydrogens (tertiary/aromatic N) is 1. The minimum Gasteiger partial charge on any atom is -0.383 e. The SMILES string of the molecule is CCN(CCOC)C(CN)C1CCC(C)CC1. The second-order valence-electron chi connectivity index (χ2n) is 5.44. The van der Waals surface area contributed by atoms with Crippen LogP contribution in [0.4, 0.5) is 0 Å². The lowest BCUT2D eigenvalue weighted by Crippen LogP contribution is -2.47. The van der Waals surface area contributed by atoms with Crippen molar-refractivity contribution in [2.75, 3.05) is 33.4 Å². The Morgan fingerprint density at radius 3 is 2.41 bits per heavy atom. The summed E-state index contributed by atoms with van der Waals surface area (Å²) in [6.45, 7) is 8.29. The summed E-state index contributed by atoms with van der Waals surface area (Å²) in [4.78, 5) is 2.50. The van der Waals surface area contributed by atoms with Crippen molar-refractivity contribution in [1.29, 1.82) is 0 Å². The van der Waals surface area contributed by atoms with Crippen LogP contribution < -0.4 is 5.73 Å². The van der Waals surface area contributed by atoms with E-state index in [1.165, 1.54) is 25.7 Å². The molecule has 1 fully saturated rings. The Morgan fingerprint density at radius 2 is 1.94 bits per heavy atom. The van der Waals surface area contributed by atoms with Gasteiger partial charge in [0.15, 0.2) is 0 Å². The Morgan fingerprint density at radius 1 is 1.29 bits per heavy atom. The molecule has 0 radical (unpaired) electrons. The third-order valence-electron chi connectivity index (χ3n) is 4.30. The number of rotatable bonds is 7. The van der Waals surface area contributed by atoms with Gasteiger partial charge in [0, 0.05) is 26.2 Å². The molecule has 0 aromatic carbocycles. The van der Waals surface area contributed by atoms with Gasteiger partial charge in [0.25, 0.3) is 0 Å². The van der Waals surface area contributed by atoms with Crippen molar-refractivity contribution in [3.05, 3.63) is 0 Å². The zero-order chi connectivity index (χ0) is 12.7. The highest BCUT2D eigenvalue weighted by molar-refractivity contribution is 4.83. The van der Waals surface area contributed by atoms with E-state index in [0.717, 1.165) is 38.1 Å². The first-order valence-corrected chi connectivity index (χ1v) is 7.15. The highest BCUT2D eigenvalue weighted by Crippen LogP contribution is 2.32. The highest BCUT2D eigenvalue weighted by Gasteiger charge is 2.28. The fourth-order valence-electron chi connectivity index (χ4n) is 3.08. The molecule has 0 amide bonds. The van der Waals surface area contributed by atoms with Gasteiger partial charge in [-0.2, -0.15) is 0 Å². The fourth-order valence-corrected chi connectivity index (χ4v) is 3.08. The maximum atomic E-state index is 6.00. The lowest BCUT2D eigenvalue weighted by molar-refractivity contribution is 0.0827. The standard InChI is InChI=1S/C14H30N2O/c1-4-16(9-10-17-3)14(11-15)13-7-5-12(2)6-8-13/h12-14H,4-11,15H2,1-3H3. The van der Waals surface area contributed by atoms with Gasteiger partial charge in [-0.1, -0.05) is 26.7 Å². The van der Waals surface area contributed by atoms with Crippen molar-refractivity contribution < 1.29 is 4.74 Å². The van der Waals surface area contributed by atoms with Crippen LogP contribution in [0.15, 0.2) is 0 Å². The first-order valence-electron chi connectivity index (χ1n) is 7.15. The molecule has 0 spiro atoms. The van der Waals surface area contributed by atoms with Crippen LogP contribution in [0.25, 0.3) is 0 Å². The number of hydrogen-bond donors (Lipinski definition) is 1. The van der Waals surface area contributed by atoms with Crippen LogP contribution >= 0.6 is 0 Å². The summed E-state index contributed by atoms with van der Waals surface area (Å²) in [5.41, 5.74) is 6.00. The predicted molar refractivity (Wildman–Crippen MR) is 73.1 cm³/mol. The molecule has 1 rings (SSSR count). The lowest BCUT2D eigenvalue weighted by Gasteiger charge is -2.38. The molecule has 1 aliphatic carbocycles. The van der Waals surface area contributed by atoms with E-state index in [-0.39, 0.29) is 0 Å². The van der Waals surface area contributed by atoms with Crippen LogP contribution in [0, 0.1) is 11.8 Å². The van der Waals surface area contributed by atoms with Crippen LogP contribution in [0.1, 0.15) is 39.5 Å². The predicted octanol–water partition coefficient (Wildman–Crippen LogP) is 2.11. The smallest absolute Gasteiger partial charge is 0.0589 e. The van der Waals surface area contributed by atoms with Crippen LogP contribution in [-0.4, -0.2) is 44.3 Å². The summed E-state index contributed by atoms with van der Waals surface area (Å²) in [6, 6.07) is 0.558. The van der Waals surface area contributed by atoms with Crippen molar-refractivity contribution >= 4 is 0 Å². The molecule has 1 atom stereocenters. The third-order valence-corrected chi connectivity index (χ3v) is 4.30. The summed E-state index contributed by atoms with van der Waals surface area (Å²) < 4.78 is 5.19. The molecule has 102 valence electrons. The quantitative estimate of drug-likeness (QED) is 0.743. The number of likely N-dealkylation sites (N-methyl/N-ethyl adjacent to an activating group) is 1. The maximum absolute atomic E-state index is 6.00. The van der Waals surface area contributed by atoms with E-state index < -0.39 is 0 Å². The molecule has 0 bridgehead atoms. The first-order chi connectivity index (χ1) is 8.22. The van der Waals surface area contributed by atoms with Crippen molar-refractivity contribution in [2.45, 2.75) is 45.6 Å². The Kier molecular flexibility index (Phi) is 7.09. The Labute approximate surface area is 107 Å².